The molecule has 1 aliphatic rings. The summed E-state index contributed by atoms with van der Waals surface area (Å²) in [6, 6.07) is 17.5. The SMILES string of the molecule is C/C(=N/NC(=O)c1ccc(OC(C)C)cc1)[C@@H](c1ccccc1)[NH+]1CCOCC1. The first-order valence-electron chi connectivity index (χ1n) is 10.1. The highest BCUT2D eigenvalue weighted by Gasteiger charge is 2.29. The second kappa shape index (κ2) is 10.2. The highest BCUT2D eigenvalue weighted by molar-refractivity contribution is 5.96. The summed E-state index contributed by atoms with van der Waals surface area (Å²) in [6.45, 7) is 9.22. The van der Waals surface area contributed by atoms with Crippen LogP contribution in [0.5, 0.6) is 5.75 Å². The molecule has 1 aliphatic heterocycles. The standard InChI is InChI=1S/C23H29N3O3/c1-17(2)29-21-11-9-20(10-12-21)23(27)25-24-18(3)22(19-7-5-4-6-8-19)26-13-15-28-16-14-26/h4-12,17,22H,13-16H2,1-3H3,(H,25,27)/p+1/b24-18-/t22-/m0/s1. The van der Waals surface area contributed by atoms with Gasteiger partial charge in [-0.1, -0.05) is 30.3 Å². The number of quaternary nitrogens is 1. The zero-order chi connectivity index (χ0) is 20.6. The Morgan fingerprint density at radius 2 is 1.72 bits per heavy atom. The van der Waals surface area contributed by atoms with Gasteiger partial charge in [0.1, 0.15) is 18.8 Å². The van der Waals surface area contributed by atoms with Crippen LogP contribution < -0.4 is 15.1 Å². The highest BCUT2D eigenvalue weighted by atomic mass is 16.5. The van der Waals surface area contributed by atoms with Crippen LogP contribution in [-0.2, 0) is 4.74 Å². The molecule has 0 saturated carbocycles. The molecule has 0 aliphatic carbocycles. The minimum atomic E-state index is -0.232. The third-order valence-corrected chi connectivity index (χ3v) is 4.92. The van der Waals surface area contributed by atoms with Crippen molar-refractivity contribution in [2.24, 2.45) is 5.10 Å². The van der Waals surface area contributed by atoms with Gasteiger partial charge in [0.2, 0.25) is 0 Å². The van der Waals surface area contributed by atoms with Crippen molar-refractivity contribution in [1.29, 1.82) is 0 Å². The molecule has 1 atom stereocenters. The molecule has 6 heteroatoms. The number of carbonyl (C=O) groups is 1. The van der Waals surface area contributed by atoms with E-state index < -0.39 is 0 Å². The number of nitrogens with one attached hydrogen (secondary N) is 2. The molecule has 0 unspecified atom stereocenters. The monoisotopic (exact) mass is 396 g/mol. The van der Waals surface area contributed by atoms with Crippen molar-refractivity contribution in [3.63, 3.8) is 0 Å². The van der Waals surface area contributed by atoms with E-state index in [-0.39, 0.29) is 18.1 Å². The van der Waals surface area contributed by atoms with Crippen molar-refractivity contribution in [1.82, 2.24) is 5.43 Å². The molecule has 2 aromatic carbocycles. The summed E-state index contributed by atoms with van der Waals surface area (Å²) in [5, 5.41) is 4.45. The molecule has 0 radical (unpaired) electrons. The van der Waals surface area contributed by atoms with Gasteiger partial charge in [0.15, 0.2) is 6.04 Å². The van der Waals surface area contributed by atoms with E-state index in [9.17, 15) is 4.79 Å². The van der Waals surface area contributed by atoms with E-state index in [2.05, 4.69) is 22.7 Å². The van der Waals surface area contributed by atoms with Crippen molar-refractivity contribution in [3.8, 4) is 5.75 Å². The Labute approximate surface area is 172 Å². The van der Waals surface area contributed by atoms with Crippen LogP contribution in [0.3, 0.4) is 0 Å². The van der Waals surface area contributed by atoms with Crippen LogP contribution in [0.25, 0.3) is 0 Å². The summed E-state index contributed by atoms with van der Waals surface area (Å²) in [6.07, 6.45) is 0.0968. The van der Waals surface area contributed by atoms with Gasteiger partial charge < -0.3 is 14.4 Å². The summed E-state index contributed by atoms with van der Waals surface area (Å²) < 4.78 is 11.1. The van der Waals surface area contributed by atoms with Crippen molar-refractivity contribution < 1.29 is 19.2 Å². The maximum absolute atomic E-state index is 12.5. The van der Waals surface area contributed by atoms with Crippen LogP contribution in [0.1, 0.15) is 42.7 Å². The topological polar surface area (TPSA) is 64.4 Å². The van der Waals surface area contributed by atoms with Crippen molar-refractivity contribution >= 4 is 11.6 Å². The quantitative estimate of drug-likeness (QED) is 0.557. The van der Waals surface area contributed by atoms with E-state index in [0.29, 0.717) is 5.56 Å². The zero-order valence-electron chi connectivity index (χ0n) is 17.4. The molecule has 2 N–H and O–H groups in total. The maximum Gasteiger partial charge on any atom is 0.271 e. The highest BCUT2D eigenvalue weighted by Crippen LogP contribution is 2.14. The van der Waals surface area contributed by atoms with Crippen LogP contribution in [0.2, 0.25) is 0 Å². The molecular formula is C23H30N3O3+. The van der Waals surface area contributed by atoms with Gasteiger partial charge in [-0.05, 0) is 45.0 Å². The molecule has 1 amide bonds. The minimum absolute atomic E-state index is 0.0854. The summed E-state index contributed by atoms with van der Waals surface area (Å²) in [4.78, 5) is 13.9. The number of hydrogen-bond acceptors (Lipinski definition) is 4. The number of rotatable bonds is 7. The fourth-order valence-electron chi connectivity index (χ4n) is 3.57. The van der Waals surface area contributed by atoms with Gasteiger partial charge in [0.05, 0.1) is 25.0 Å². The normalized spacial score (nSPS) is 16.5. The van der Waals surface area contributed by atoms with E-state index in [4.69, 9.17) is 9.47 Å². The molecule has 29 heavy (non-hydrogen) atoms. The predicted molar refractivity (Wildman–Crippen MR) is 113 cm³/mol. The van der Waals surface area contributed by atoms with Crippen molar-refractivity contribution in [2.75, 3.05) is 26.3 Å². The first kappa shape index (κ1) is 21.0. The first-order valence-corrected chi connectivity index (χ1v) is 10.1. The summed E-state index contributed by atoms with van der Waals surface area (Å²) >= 11 is 0. The summed E-state index contributed by atoms with van der Waals surface area (Å²) in [5.74, 6) is 0.514. The fraction of sp³-hybridized carbons (Fsp3) is 0.391. The van der Waals surface area contributed by atoms with Gasteiger partial charge >= 0.3 is 0 Å². The number of hydrazone groups is 1. The number of hydrogen-bond donors (Lipinski definition) is 2. The molecule has 154 valence electrons. The first-order chi connectivity index (χ1) is 14.0. The Morgan fingerprint density at radius 3 is 2.34 bits per heavy atom. The van der Waals surface area contributed by atoms with Gasteiger partial charge in [0, 0.05) is 11.1 Å². The largest absolute Gasteiger partial charge is 0.491 e. The number of ether oxygens (including phenoxy) is 2. The number of benzene rings is 2. The number of nitrogens with zero attached hydrogens (tertiary/aromatic N) is 1. The number of amides is 1. The van der Waals surface area contributed by atoms with E-state index in [1.54, 1.807) is 24.3 Å². The van der Waals surface area contributed by atoms with Crippen LogP contribution in [-0.4, -0.2) is 44.0 Å². The molecule has 0 spiro atoms. The van der Waals surface area contributed by atoms with Crippen molar-refractivity contribution in [3.05, 3.63) is 65.7 Å². The van der Waals surface area contributed by atoms with Crippen LogP contribution >= 0.6 is 0 Å². The van der Waals surface area contributed by atoms with Crippen LogP contribution in [0, 0.1) is 0 Å². The minimum Gasteiger partial charge on any atom is -0.491 e. The van der Waals surface area contributed by atoms with Gasteiger partial charge in [-0.15, -0.1) is 0 Å². The van der Waals surface area contributed by atoms with Gasteiger partial charge in [-0.3, -0.25) is 4.79 Å². The lowest BCUT2D eigenvalue weighted by molar-refractivity contribution is -0.928. The lowest BCUT2D eigenvalue weighted by Crippen LogP contribution is -3.15. The van der Waals surface area contributed by atoms with Gasteiger partial charge in [-0.2, -0.15) is 5.10 Å². The Bertz CT molecular complexity index is 813. The van der Waals surface area contributed by atoms with E-state index in [0.717, 1.165) is 37.8 Å². The lowest BCUT2D eigenvalue weighted by Gasteiger charge is -2.31. The Hall–Kier alpha value is -2.70. The average molecular weight is 397 g/mol. The van der Waals surface area contributed by atoms with Crippen LogP contribution in [0.15, 0.2) is 59.7 Å². The smallest absolute Gasteiger partial charge is 0.271 e. The second-order valence-corrected chi connectivity index (χ2v) is 7.50. The third kappa shape index (κ3) is 5.89. The molecule has 0 aromatic heterocycles. The zero-order valence-corrected chi connectivity index (χ0v) is 17.4. The predicted octanol–water partition coefficient (Wildman–Crippen LogP) is 2.24. The van der Waals surface area contributed by atoms with E-state index in [1.807, 2.05) is 39.0 Å². The maximum atomic E-state index is 12.5. The Balaban J connectivity index is 1.72. The third-order valence-electron chi connectivity index (χ3n) is 4.92. The molecule has 1 fully saturated rings. The molecule has 1 heterocycles. The van der Waals surface area contributed by atoms with Crippen molar-refractivity contribution in [2.45, 2.75) is 32.9 Å². The summed E-state index contributed by atoms with van der Waals surface area (Å²) in [5.41, 5.74) is 5.33. The fourth-order valence-corrected chi connectivity index (χ4v) is 3.57. The Kier molecular flexibility index (Phi) is 7.38. The second-order valence-electron chi connectivity index (χ2n) is 7.50. The lowest BCUT2D eigenvalue weighted by atomic mass is 10.0. The summed E-state index contributed by atoms with van der Waals surface area (Å²) in [7, 11) is 0. The Morgan fingerprint density at radius 1 is 1.07 bits per heavy atom. The van der Waals surface area contributed by atoms with Crippen LogP contribution in [0.4, 0.5) is 0 Å². The molecule has 0 bridgehead atoms. The number of carbonyl (C=O) groups excluding carboxylic acids is 1. The van der Waals surface area contributed by atoms with Gasteiger partial charge in [0.25, 0.3) is 5.91 Å². The molecular weight excluding hydrogens is 366 g/mol. The molecule has 3 rings (SSSR count). The van der Waals surface area contributed by atoms with E-state index >= 15 is 0 Å². The molecule has 2 aromatic rings. The number of morpholine rings is 1. The van der Waals surface area contributed by atoms with E-state index in [1.165, 1.54) is 10.5 Å². The molecule has 1 saturated heterocycles. The van der Waals surface area contributed by atoms with Gasteiger partial charge in [-0.25, -0.2) is 5.43 Å². The average Bonchev–Trinajstić information content (AvgIpc) is 2.74. The molecule has 6 nitrogen and oxygen atoms in total.